The number of carbonyl (C=O) groups excluding carboxylic acids is 1. The Morgan fingerprint density at radius 1 is 1.39 bits per heavy atom. The monoisotopic (exact) mass is 418 g/mol. The maximum atomic E-state index is 12.2. The molecule has 0 aliphatic carbocycles. The fraction of sp³-hybridized carbons (Fsp3) is 0.235. The van der Waals surface area contributed by atoms with Gasteiger partial charge in [0.25, 0.3) is 0 Å². The van der Waals surface area contributed by atoms with Crippen molar-refractivity contribution in [2.24, 2.45) is 0 Å². The highest BCUT2D eigenvalue weighted by Crippen LogP contribution is 2.34. The van der Waals surface area contributed by atoms with Gasteiger partial charge in [0.05, 0.1) is 32.2 Å². The number of methoxy groups -OCH3 is 2. The molecule has 11 heteroatoms. The predicted octanol–water partition coefficient (Wildman–Crippen LogP) is 2.73. The standard InChI is InChI=1S/C17H18N6O3S2/c1-4-7-23-17(20-21-22-23)28-10-15(24)19-16-18-13(9-27-16)12-6-5-11(25-2)8-14(12)26-3/h4-6,8-9H,1,7,10H2,2-3H3,(H,18,19,24). The van der Waals surface area contributed by atoms with Crippen LogP contribution in [-0.4, -0.2) is 51.1 Å². The van der Waals surface area contributed by atoms with E-state index in [1.54, 1.807) is 31.0 Å². The molecular weight excluding hydrogens is 400 g/mol. The molecule has 28 heavy (non-hydrogen) atoms. The molecule has 2 aromatic heterocycles. The Hall–Kier alpha value is -2.92. The van der Waals surface area contributed by atoms with Crippen LogP contribution in [0.3, 0.4) is 0 Å². The highest BCUT2D eigenvalue weighted by molar-refractivity contribution is 7.99. The quantitative estimate of drug-likeness (QED) is 0.418. The number of rotatable bonds is 9. The van der Waals surface area contributed by atoms with Crippen LogP contribution in [0.2, 0.25) is 0 Å². The molecule has 0 saturated heterocycles. The summed E-state index contributed by atoms with van der Waals surface area (Å²) in [7, 11) is 3.18. The van der Waals surface area contributed by atoms with Crippen LogP contribution >= 0.6 is 23.1 Å². The molecular formula is C17H18N6O3S2. The van der Waals surface area contributed by atoms with Crippen LogP contribution in [0.5, 0.6) is 11.5 Å². The van der Waals surface area contributed by atoms with Gasteiger partial charge >= 0.3 is 0 Å². The third kappa shape index (κ3) is 4.67. The lowest BCUT2D eigenvalue weighted by atomic mass is 10.1. The zero-order chi connectivity index (χ0) is 19.9. The van der Waals surface area contributed by atoms with Crippen molar-refractivity contribution < 1.29 is 14.3 Å². The van der Waals surface area contributed by atoms with E-state index in [1.165, 1.54) is 23.1 Å². The Bertz CT molecular complexity index is 971. The number of benzene rings is 1. The highest BCUT2D eigenvalue weighted by atomic mass is 32.2. The summed E-state index contributed by atoms with van der Waals surface area (Å²) < 4.78 is 12.2. The predicted molar refractivity (Wildman–Crippen MR) is 108 cm³/mol. The Balaban J connectivity index is 1.63. The van der Waals surface area contributed by atoms with E-state index in [0.717, 1.165) is 5.56 Å². The number of hydrogen-bond acceptors (Lipinski definition) is 9. The molecule has 9 nitrogen and oxygen atoms in total. The van der Waals surface area contributed by atoms with Gasteiger partial charge in [0.2, 0.25) is 11.1 Å². The van der Waals surface area contributed by atoms with Gasteiger partial charge in [0, 0.05) is 17.0 Å². The van der Waals surface area contributed by atoms with E-state index in [1.807, 2.05) is 17.5 Å². The number of carbonyl (C=O) groups is 1. The van der Waals surface area contributed by atoms with Crippen LogP contribution in [-0.2, 0) is 11.3 Å². The van der Waals surface area contributed by atoms with Gasteiger partial charge in [-0.1, -0.05) is 17.8 Å². The number of nitrogens with zero attached hydrogens (tertiary/aromatic N) is 5. The number of amides is 1. The molecule has 0 fully saturated rings. The van der Waals surface area contributed by atoms with E-state index in [-0.39, 0.29) is 11.7 Å². The summed E-state index contributed by atoms with van der Waals surface area (Å²) in [5.41, 5.74) is 1.53. The van der Waals surface area contributed by atoms with E-state index in [9.17, 15) is 4.79 Å². The smallest absolute Gasteiger partial charge is 0.236 e. The highest BCUT2D eigenvalue weighted by Gasteiger charge is 2.14. The fourth-order valence-corrected chi connectivity index (χ4v) is 3.70. The Morgan fingerprint density at radius 2 is 2.25 bits per heavy atom. The number of thiazole rings is 1. The molecule has 1 amide bonds. The molecule has 1 aromatic carbocycles. The third-order valence-corrected chi connectivity index (χ3v) is 5.28. The molecule has 2 heterocycles. The van der Waals surface area contributed by atoms with Crippen molar-refractivity contribution in [1.29, 1.82) is 0 Å². The van der Waals surface area contributed by atoms with E-state index in [0.29, 0.717) is 34.0 Å². The molecule has 0 radical (unpaired) electrons. The zero-order valence-electron chi connectivity index (χ0n) is 15.3. The molecule has 0 unspecified atom stereocenters. The van der Waals surface area contributed by atoms with Gasteiger partial charge in [0.15, 0.2) is 5.13 Å². The molecule has 0 bridgehead atoms. The molecule has 0 aliphatic heterocycles. The van der Waals surface area contributed by atoms with Crippen molar-refractivity contribution in [2.75, 3.05) is 25.3 Å². The summed E-state index contributed by atoms with van der Waals surface area (Å²) in [6, 6.07) is 5.49. The van der Waals surface area contributed by atoms with Crippen molar-refractivity contribution in [3.8, 4) is 22.8 Å². The molecule has 146 valence electrons. The number of ether oxygens (including phenoxy) is 2. The first kappa shape index (κ1) is 19.8. The van der Waals surface area contributed by atoms with Crippen molar-refractivity contribution in [2.45, 2.75) is 11.7 Å². The summed E-state index contributed by atoms with van der Waals surface area (Å²) >= 11 is 2.58. The average Bonchev–Trinajstić information content (AvgIpc) is 3.35. The summed E-state index contributed by atoms with van der Waals surface area (Å²) in [5, 5.41) is 17.0. The first-order chi connectivity index (χ1) is 13.6. The van der Waals surface area contributed by atoms with Crippen LogP contribution < -0.4 is 14.8 Å². The summed E-state index contributed by atoms with van der Waals surface area (Å²) in [5.74, 6) is 1.31. The molecule has 0 atom stereocenters. The largest absolute Gasteiger partial charge is 0.497 e. The van der Waals surface area contributed by atoms with Gasteiger partial charge < -0.3 is 14.8 Å². The van der Waals surface area contributed by atoms with Crippen molar-refractivity contribution >= 4 is 34.1 Å². The summed E-state index contributed by atoms with van der Waals surface area (Å²) in [6.07, 6.45) is 1.69. The zero-order valence-corrected chi connectivity index (χ0v) is 16.9. The van der Waals surface area contributed by atoms with Crippen LogP contribution in [0.1, 0.15) is 0 Å². The first-order valence-electron chi connectivity index (χ1n) is 8.12. The number of aromatic nitrogens is 5. The second-order valence-electron chi connectivity index (χ2n) is 5.37. The Morgan fingerprint density at radius 3 is 3.00 bits per heavy atom. The van der Waals surface area contributed by atoms with Crippen LogP contribution in [0.25, 0.3) is 11.3 Å². The van der Waals surface area contributed by atoms with Gasteiger partial charge in [-0.2, -0.15) is 0 Å². The van der Waals surface area contributed by atoms with E-state index in [4.69, 9.17) is 9.47 Å². The number of anilines is 1. The van der Waals surface area contributed by atoms with Crippen molar-refractivity contribution in [3.05, 3.63) is 36.2 Å². The van der Waals surface area contributed by atoms with Gasteiger partial charge in [-0.15, -0.1) is 23.0 Å². The van der Waals surface area contributed by atoms with Gasteiger partial charge in [-0.25, -0.2) is 9.67 Å². The lowest BCUT2D eigenvalue weighted by Crippen LogP contribution is -2.14. The fourth-order valence-electron chi connectivity index (χ4n) is 2.29. The Kier molecular flexibility index (Phi) is 6.61. The second kappa shape index (κ2) is 9.33. The molecule has 3 rings (SSSR count). The van der Waals surface area contributed by atoms with Crippen LogP contribution in [0.4, 0.5) is 5.13 Å². The van der Waals surface area contributed by atoms with E-state index < -0.39 is 0 Å². The van der Waals surface area contributed by atoms with E-state index in [2.05, 4.69) is 32.4 Å². The lowest BCUT2D eigenvalue weighted by molar-refractivity contribution is -0.113. The lowest BCUT2D eigenvalue weighted by Gasteiger charge is -2.08. The number of allylic oxidation sites excluding steroid dienone is 1. The maximum absolute atomic E-state index is 12.2. The Labute approximate surface area is 169 Å². The first-order valence-corrected chi connectivity index (χ1v) is 9.98. The minimum Gasteiger partial charge on any atom is -0.497 e. The molecule has 0 saturated carbocycles. The number of hydrogen-bond donors (Lipinski definition) is 1. The number of nitrogens with one attached hydrogen (secondary N) is 1. The van der Waals surface area contributed by atoms with Gasteiger partial charge in [-0.05, 0) is 22.6 Å². The molecule has 1 N–H and O–H groups in total. The van der Waals surface area contributed by atoms with E-state index >= 15 is 0 Å². The minimum absolute atomic E-state index is 0.165. The number of tetrazole rings is 1. The van der Waals surface area contributed by atoms with Gasteiger partial charge in [-0.3, -0.25) is 4.79 Å². The second-order valence-corrected chi connectivity index (χ2v) is 7.17. The minimum atomic E-state index is -0.194. The van der Waals surface area contributed by atoms with Gasteiger partial charge in [0.1, 0.15) is 11.5 Å². The van der Waals surface area contributed by atoms with Crippen LogP contribution in [0.15, 0.2) is 41.4 Å². The molecule has 0 spiro atoms. The van der Waals surface area contributed by atoms with Crippen LogP contribution in [0, 0.1) is 0 Å². The number of thioether (sulfide) groups is 1. The average molecular weight is 419 g/mol. The molecule has 3 aromatic rings. The topological polar surface area (TPSA) is 104 Å². The summed E-state index contributed by atoms with van der Waals surface area (Å²) in [4.78, 5) is 16.7. The molecule has 0 aliphatic rings. The maximum Gasteiger partial charge on any atom is 0.236 e. The third-order valence-electron chi connectivity index (χ3n) is 3.57. The van der Waals surface area contributed by atoms with Crippen molar-refractivity contribution in [3.63, 3.8) is 0 Å². The SMILES string of the molecule is C=CCn1nnnc1SCC(=O)Nc1nc(-c2ccc(OC)cc2OC)cs1. The normalized spacial score (nSPS) is 10.5. The van der Waals surface area contributed by atoms with Crippen molar-refractivity contribution in [1.82, 2.24) is 25.2 Å². The summed E-state index contributed by atoms with van der Waals surface area (Å²) in [6.45, 7) is 4.13.